The van der Waals surface area contributed by atoms with Crippen LogP contribution in [0.15, 0.2) is 24.3 Å². The topological polar surface area (TPSA) is 45.3 Å². The SMILES string of the molecule is OC12OC1([Si])C1OC1c1ccccc12. The third-order valence-electron chi connectivity index (χ3n) is 3.30. The van der Waals surface area contributed by atoms with Crippen molar-refractivity contribution in [1.29, 1.82) is 0 Å². The summed E-state index contributed by atoms with van der Waals surface area (Å²) in [5.74, 6) is -1.18. The molecule has 69 valence electrons. The molecule has 1 aromatic carbocycles. The second kappa shape index (κ2) is 1.84. The van der Waals surface area contributed by atoms with E-state index in [2.05, 4.69) is 10.2 Å². The Bertz CT molecular complexity index is 449. The molecule has 3 nitrogen and oxygen atoms in total. The van der Waals surface area contributed by atoms with E-state index in [-0.39, 0.29) is 12.2 Å². The van der Waals surface area contributed by atoms with Crippen molar-refractivity contribution in [3.05, 3.63) is 35.4 Å². The van der Waals surface area contributed by atoms with Crippen LogP contribution >= 0.6 is 0 Å². The molecule has 1 aromatic rings. The van der Waals surface area contributed by atoms with E-state index in [9.17, 15) is 5.11 Å². The van der Waals surface area contributed by atoms with Crippen LogP contribution in [0.2, 0.25) is 0 Å². The van der Waals surface area contributed by atoms with Crippen molar-refractivity contribution in [2.24, 2.45) is 0 Å². The van der Waals surface area contributed by atoms with Crippen molar-refractivity contribution < 1.29 is 14.6 Å². The molecule has 0 amide bonds. The molecule has 4 atom stereocenters. The summed E-state index contributed by atoms with van der Waals surface area (Å²) in [6.07, 6.45) is 0.0468. The van der Waals surface area contributed by atoms with E-state index in [0.29, 0.717) is 0 Å². The molecule has 2 fully saturated rings. The number of fused-ring (bicyclic) bond motifs is 6. The number of ether oxygens (including phenoxy) is 2. The van der Waals surface area contributed by atoms with Crippen LogP contribution in [0.25, 0.3) is 0 Å². The fourth-order valence-electron chi connectivity index (χ4n) is 2.43. The van der Waals surface area contributed by atoms with Crippen molar-refractivity contribution in [2.75, 3.05) is 0 Å². The Morgan fingerprint density at radius 2 is 2.14 bits per heavy atom. The van der Waals surface area contributed by atoms with Gasteiger partial charge in [-0.15, -0.1) is 0 Å². The Morgan fingerprint density at radius 1 is 1.36 bits per heavy atom. The first-order chi connectivity index (χ1) is 6.67. The van der Waals surface area contributed by atoms with Gasteiger partial charge in [-0.2, -0.15) is 0 Å². The van der Waals surface area contributed by atoms with E-state index in [4.69, 9.17) is 9.47 Å². The summed E-state index contributed by atoms with van der Waals surface area (Å²) in [6, 6.07) is 7.71. The normalized spacial score (nSPS) is 51.6. The summed E-state index contributed by atoms with van der Waals surface area (Å²) in [5.41, 5.74) is 1.88. The largest absolute Gasteiger partial charge is 0.361 e. The van der Waals surface area contributed by atoms with E-state index in [1.165, 1.54) is 0 Å². The second-order valence-electron chi connectivity index (χ2n) is 4.05. The number of hydrogen-bond donors (Lipinski definition) is 1. The van der Waals surface area contributed by atoms with Crippen LogP contribution in [0.5, 0.6) is 0 Å². The molecule has 0 saturated carbocycles. The van der Waals surface area contributed by atoms with Gasteiger partial charge < -0.3 is 14.6 Å². The minimum absolute atomic E-state index is 0.0425. The maximum Gasteiger partial charge on any atom is 0.222 e. The van der Waals surface area contributed by atoms with Crippen molar-refractivity contribution in [3.63, 3.8) is 0 Å². The summed E-state index contributed by atoms with van der Waals surface area (Å²) in [6.45, 7) is 0. The first-order valence-electron chi connectivity index (χ1n) is 4.59. The highest BCUT2D eigenvalue weighted by atomic mass is 28.1. The molecule has 4 unspecified atom stereocenters. The van der Waals surface area contributed by atoms with Crippen molar-refractivity contribution in [3.8, 4) is 0 Å². The Morgan fingerprint density at radius 3 is 3.00 bits per heavy atom. The van der Waals surface area contributed by atoms with E-state index < -0.39 is 11.0 Å². The first kappa shape index (κ1) is 7.59. The molecule has 1 aliphatic carbocycles. The fourth-order valence-corrected chi connectivity index (χ4v) is 2.93. The van der Waals surface area contributed by atoms with Gasteiger partial charge in [0.25, 0.3) is 0 Å². The Labute approximate surface area is 84.1 Å². The summed E-state index contributed by atoms with van der Waals surface area (Å²) in [4.78, 5) is 0. The monoisotopic (exact) mass is 203 g/mol. The molecule has 0 aromatic heterocycles. The van der Waals surface area contributed by atoms with Crippen molar-refractivity contribution >= 4 is 10.2 Å². The zero-order chi connectivity index (χ0) is 9.55. The fraction of sp³-hybridized carbons (Fsp3) is 0.400. The third kappa shape index (κ3) is 0.587. The standard InChI is InChI=1S/C10H7O3Si/c11-9-6-4-2-1-3-5(6)7-8(12-7)10(9,14)13-9/h1-4,7-8,11H. The lowest BCUT2D eigenvalue weighted by Gasteiger charge is -2.17. The Hall–Kier alpha value is -0.683. The zero-order valence-corrected chi connectivity index (χ0v) is 8.23. The van der Waals surface area contributed by atoms with Crippen LogP contribution in [-0.2, 0) is 15.3 Å². The van der Waals surface area contributed by atoms with Gasteiger partial charge in [0.1, 0.15) is 17.4 Å². The average molecular weight is 203 g/mol. The molecule has 4 rings (SSSR count). The lowest BCUT2D eigenvalue weighted by molar-refractivity contribution is 0.0319. The van der Waals surface area contributed by atoms with Gasteiger partial charge in [0.05, 0.1) is 10.2 Å². The molecule has 3 radical (unpaired) electrons. The van der Waals surface area contributed by atoms with Crippen LogP contribution in [0.1, 0.15) is 17.2 Å². The van der Waals surface area contributed by atoms with Gasteiger partial charge in [0.2, 0.25) is 5.79 Å². The van der Waals surface area contributed by atoms with Crippen LogP contribution in [-0.4, -0.2) is 26.7 Å². The number of aliphatic hydroxyl groups is 1. The smallest absolute Gasteiger partial charge is 0.222 e. The van der Waals surface area contributed by atoms with Gasteiger partial charge in [-0.25, -0.2) is 0 Å². The number of hydrogen-bond acceptors (Lipinski definition) is 3. The van der Waals surface area contributed by atoms with Gasteiger partial charge >= 0.3 is 0 Å². The number of rotatable bonds is 0. The minimum Gasteiger partial charge on any atom is -0.361 e. The Balaban J connectivity index is 2.02. The van der Waals surface area contributed by atoms with Crippen LogP contribution in [0.3, 0.4) is 0 Å². The van der Waals surface area contributed by atoms with Crippen LogP contribution < -0.4 is 0 Å². The molecular formula is C10H7O3Si. The zero-order valence-electron chi connectivity index (χ0n) is 7.23. The average Bonchev–Trinajstić information content (AvgIpc) is 3.02. The van der Waals surface area contributed by atoms with Gasteiger partial charge in [-0.05, 0) is 5.56 Å². The highest BCUT2D eigenvalue weighted by Gasteiger charge is 2.81. The van der Waals surface area contributed by atoms with Gasteiger partial charge in [0.15, 0.2) is 0 Å². The third-order valence-corrected chi connectivity index (χ3v) is 4.02. The summed E-state index contributed by atoms with van der Waals surface area (Å²) < 4.78 is 10.9. The van der Waals surface area contributed by atoms with E-state index in [0.717, 1.165) is 11.1 Å². The molecule has 2 heterocycles. The molecule has 14 heavy (non-hydrogen) atoms. The molecule has 4 heteroatoms. The summed E-state index contributed by atoms with van der Waals surface area (Å²) in [5, 5.41) is 9.50. The minimum atomic E-state index is -1.18. The molecule has 3 aliphatic rings. The molecule has 2 saturated heterocycles. The highest BCUT2D eigenvalue weighted by Crippen LogP contribution is 2.68. The van der Waals surface area contributed by atoms with Crippen LogP contribution in [0.4, 0.5) is 0 Å². The molecule has 2 aliphatic heterocycles. The maximum absolute atomic E-state index is 10.2. The summed E-state index contributed by atoms with van der Waals surface area (Å²) >= 11 is 0. The second-order valence-corrected chi connectivity index (χ2v) is 4.79. The quantitative estimate of drug-likeness (QED) is 0.483. The van der Waals surface area contributed by atoms with E-state index in [1.54, 1.807) is 0 Å². The molecule has 0 spiro atoms. The van der Waals surface area contributed by atoms with Gasteiger partial charge in [0, 0.05) is 5.56 Å². The van der Waals surface area contributed by atoms with Crippen molar-refractivity contribution in [1.82, 2.24) is 0 Å². The lowest BCUT2D eigenvalue weighted by atomic mass is 9.89. The van der Waals surface area contributed by atoms with E-state index >= 15 is 0 Å². The van der Waals surface area contributed by atoms with Crippen LogP contribution in [0, 0.1) is 0 Å². The Kier molecular flexibility index (Phi) is 0.995. The number of benzene rings is 1. The maximum atomic E-state index is 10.2. The van der Waals surface area contributed by atoms with Crippen molar-refractivity contribution in [2.45, 2.75) is 23.2 Å². The van der Waals surface area contributed by atoms with Gasteiger partial charge in [-0.1, -0.05) is 24.3 Å². The lowest BCUT2D eigenvalue weighted by Crippen LogP contribution is -2.34. The highest BCUT2D eigenvalue weighted by molar-refractivity contribution is 6.18. The van der Waals surface area contributed by atoms with E-state index in [1.807, 2.05) is 24.3 Å². The molecular weight excluding hydrogens is 196 g/mol. The van der Waals surface area contributed by atoms with Gasteiger partial charge in [-0.3, -0.25) is 0 Å². The predicted octanol–water partition coefficient (Wildman–Crippen LogP) is 0.180. The molecule has 0 bridgehead atoms. The predicted molar refractivity (Wildman–Crippen MR) is 47.5 cm³/mol. The molecule has 1 N–H and O–H groups in total. The summed E-state index contributed by atoms with van der Waals surface area (Å²) in [7, 11) is 3.46. The number of epoxide rings is 2. The first-order valence-corrected chi connectivity index (χ1v) is 5.09.